The van der Waals surface area contributed by atoms with Crippen LogP contribution in [-0.4, -0.2) is 24.3 Å². The van der Waals surface area contributed by atoms with Crippen LogP contribution < -0.4 is 10.5 Å². The third-order valence-corrected chi connectivity index (χ3v) is 3.08. The lowest BCUT2D eigenvalue weighted by molar-refractivity contribution is 0.0251. The van der Waals surface area contributed by atoms with E-state index in [1.165, 1.54) is 0 Å². The Balaban J connectivity index is 2.18. The van der Waals surface area contributed by atoms with Crippen molar-refractivity contribution in [2.45, 2.75) is 39.3 Å². The maximum Gasteiger partial charge on any atom is 0.127 e. The quantitative estimate of drug-likeness (QED) is 0.868. The average molecular weight is 236 g/mol. The Morgan fingerprint density at radius 1 is 1.41 bits per heavy atom. The first kappa shape index (κ1) is 12.3. The van der Waals surface area contributed by atoms with Crippen LogP contribution in [0.3, 0.4) is 0 Å². The predicted molar refractivity (Wildman–Crippen MR) is 66.1 cm³/mol. The minimum Gasteiger partial charge on any atom is -0.490 e. The molecule has 0 spiro atoms. The molecule has 2 rings (SSSR count). The molecular weight excluding hydrogens is 216 g/mol. The van der Waals surface area contributed by atoms with Gasteiger partial charge in [-0.05, 0) is 13.8 Å². The maximum atomic E-state index is 6.04. The Morgan fingerprint density at radius 2 is 2.12 bits per heavy atom. The van der Waals surface area contributed by atoms with Crippen LogP contribution in [0.5, 0.6) is 5.75 Å². The number of hydrogen-bond acceptors (Lipinski definition) is 4. The Morgan fingerprint density at radius 3 is 2.76 bits per heavy atom. The Labute approximate surface area is 102 Å². The molecule has 1 aromatic heterocycles. The summed E-state index contributed by atoms with van der Waals surface area (Å²) in [6.07, 6.45) is 2.14. The van der Waals surface area contributed by atoms with E-state index in [1.54, 1.807) is 0 Å². The van der Waals surface area contributed by atoms with E-state index in [1.807, 2.05) is 19.9 Å². The van der Waals surface area contributed by atoms with E-state index >= 15 is 0 Å². The second-order valence-electron chi connectivity index (χ2n) is 4.46. The number of nitrogens with two attached hydrogens (primary N) is 1. The van der Waals surface area contributed by atoms with E-state index in [0.717, 1.165) is 48.8 Å². The van der Waals surface area contributed by atoms with Gasteiger partial charge in [0, 0.05) is 42.4 Å². The number of hydrogen-bond donors (Lipinski definition) is 1. The summed E-state index contributed by atoms with van der Waals surface area (Å²) in [5.74, 6) is 0.893. The van der Waals surface area contributed by atoms with Gasteiger partial charge < -0.3 is 15.2 Å². The van der Waals surface area contributed by atoms with E-state index in [0.29, 0.717) is 6.54 Å². The molecule has 94 valence electrons. The van der Waals surface area contributed by atoms with Crippen LogP contribution >= 0.6 is 0 Å². The van der Waals surface area contributed by atoms with Crippen LogP contribution in [0.25, 0.3) is 0 Å². The zero-order valence-corrected chi connectivity index (χ0v) is 10.5. The van der Waals surface area contributed by atoms with Crippen LogP contribution in [0.15, 0.2) is 6.07 Å². The van der Waals surface area contributed by atoms with Crippen molar-refractivity contribution in [1.29, 1.82) is 0 Å². The number of aryl methyl sites for hydroxylation is 2. The van der Waals surface area contributed by atoms with E-state index in [-0.39, 0.29) is 6.10 Å². The van der Waals surface area contributed by atoms with E-state index in [2.05, 4.69) is 4.98 Å². The van der Waals surface area contributed by atoms with Gasteiger partial charge in [0.15, 0.2) is 0 Å². The van der Waals surface area contributed by atoms with E-state index in [4.69, 9.17) is 15.2 Å². The molecule has 1 aliphatic rings. The Hall–Kier alpha value is -1.13. The molecule has 4 heteroatoms. The van der Waals surface area contributed by atoms with Gasteiger partial charge in [0.2, 0.25) is 0 Å². The van der Waals surface area contributed by atoms with Crippen LogP contribution in [0.1, 0.15) is 29.8 Å². The summed E-state index contributed by atoms with van der Waals surface area (Å²) in [4.78, 5) is 4.41. The number of rotatable bonds is 3. The first-order valence-electron chi connectivity index (χ1n) is 6.12. The van der Waals surface area contributed by atoms with Crippen molar-refractivity contribution in [2.24, 2.45) is 5.73 Å². The largest absolute Gasteiger partial charge is 0.490 e. The number of nitrogens with zero attached hydrogens (tertiary/aromatic N) is 1. The van der Waals surface area contributed by atoms with Gasteiger partial charge in [-0.1, -0.05) is 0 Å². The first-order valence-corrected chi connectivity index (χ1v) is 6.12. The number of pyridine rings is 1. The number of aromatic nitrogens is 1. The van der Waals surface area contributed by atoms with E-state index < -0.39 is 0 Å². The molecule has 1 fully saturated rings. The highest BCUT2D eigenvalue weighted by molar-refractivity contribution is 5.37. The van der Waals surface area contributed by atoms with E-state index in [9.17, 15) is 0 Å². The molecule has 0 saturated carbocycles. The third kappa shape index (κ3) is 2.96. The summed E-state index contributed by atoms with van der Waals surface area (Å²) in [5.41, 5.74) is 8.72. The van der Waals surface area contributed by atoms with Gasteiger partial charge in [-0.15, -0.1) is 0 Å². The fraction of sp³-hybridized carbons (Fsp3) is 0.615. The van der Waals surface area contributed by atoms with Gasteiger partial charge in [-0.2, -0.15) is 0 Å². The lowest BCUT2D eigenvalue weighted by atomic mass is 10.1. The van der Waals surface area contributed by atoms with Gasteiger partial charge >= 0.3 is 0 Å². The summed E-state index contributed by atoms with van der Waals surface area (Å²) < 4.78 is 11.4. The minimum absolute atomic E-state index is 0.246. The molecule has 0 unspecified atom stereocenters. The zero-order chi connectivity index (χ0) is 12.3. The standard InChI is InChI=1S/C13H20N2O2/c1-9-7-13(12(8-14)10(2)15-9)17-11-3-5-16-6-4-11/h7,11H,3-6,8,14H2,1-2H3. The molecule has 17 heavy (non-hydrogen) atoms. The summed E-state index contributed by atoms with van der Waals surface area (Å²) in [7, 11) is 0. The molecule has 2 heterocycles. The number of ether oxygens (including phenoxy) is 2. The van der Waals surface area contributed by atoms with Gasteiger partial charge in [0.25, 0.3) is 0 Å². The van der Waals surface area contributed by atoms with Gasteiger partial charge in [0.05, 0.1) is 13.2 Å². The summed E-state index contributed by atoms with van der Waals surface area (Å²) >= 11 is 0. The van der Waals surface area contributed by atoms with Gasteiger partial charge in [-0.25, -0.2) is 0 Å². The van der Waals surface area contributed by atoms with Gasteiger partial charge in [0.1, 0.15) is 11.9 Å². The zero-order valence-electron chi connectivity index (χ0n) is 10.5. The molecule has 0 amide bonds. The topological polar surface area (TPSA) is 57.4 Å². The Bertz CT molecular complexity index is 387. The van der Waals surface area contributed by atoms with Crippen molar-refractivity contribution >= 4 is 0 Å². The van der Waals surface area contributed by atoms with Crippen molar-refractivity contribution < 1.29 is 9.47 Å². The summed E-state index contributed by atoms with van der Waals surface area (Å²) in [6, 6.07) is 1.98. The molecule has 0 aliphatic carbocycles. The Kier molecular flexibility index (Phi) is 3.97. The highest BCUT2D eigenvalue weighted by atomic mass is 16.5. The highest BCUT2D eigenvalue weighted by Gasteiger charge is 2.17. The third-order valence-electron chi connectivity index (χ3n) is 3.08. The molecule has 1 saturated heterocycles. The fourth-order valence-electron chi connectivity index (χ4n) is 2.15. The molecule has 0 bridgehead atoms. The first-order chi connectivity index (χ1) is 8.20. The van der Waals surface area contributed by atoms with Crippen molar-refractivity contribution in [1.82, 2.24) is 4.98 Å². The molecule has 0 aromatic carbocycles. The maximum absolute atomic E-state index is 6.04. The van der Waals surface area contributed by atoms with Crippen LogP contribution in [0.2, 0.25) is 0 Å². The smallest absolute Gasteiger partial charge is 0.127 e. The summed E-state index contributed by atoms with van der Waals surface area (Å²) in [5, 5.41) is 0. The van der Waals surface area contributed by atoms with Crippen LogP contribution in [0, 0.1) is 13.8 Å². The second kappa shape index (κ2) is 5.47. The monoisotopic (exact) mass is 236 g/mol. The van der Waals surface area contributed by atoms with Crippen molar-refractivity contribution in [2.75, 3.05) is 13.2 Å². The van der Waals surface area contributed by atoms with Crippen LogP contribution in [0.4, 0.5) is 0 Å². The lowest BCUT2D eigenvalue weighted by Gasteiger charge is -2.25. The fourth-order valence-corrected chi connectivity index (χ4v) is 2.15. The molecule has 2 N–H and O–H groups in total. The highest BCUT2D eigenvalue weighted by Crippen LogP contribution is 2.25. The normalized spacial score (nSPS) is 17.1. The van der Waals surface area contributed by atoms with Crippen molar-refractivity contribution in [3.05, 3.63) is 23.0 Å². The lowest BCUT2D eigenvalue weighted by Crippen LogP contribution is -2.26. The molecular formula is C13H20N2O2. The SMILES string of the molecule is Cc1cc(OC2CCOCC2)c(CN)c(C)n1. The second-order valence-corrected chi connectivity index (χ2v) is 4.46. The molecule has 0 radical (unpaired) electrons. The molecule has 4 nitrogen and oxygen atoms in total. The van der Waals surface area contributed by atoms with Gasteiger partial charge in [-0.3, -0.25) is 4.98 Å². The predicted octanol–water partition coefficient (Wildman–Crippen LogP) is 1.71. The molecule has 0 atom stereocenters. The van der Waals surface area contributed by atoms with Crippen molar-refractivity contribution in [3.63, 3.8) is 0 Å². The minimum atomic E-state index is 0.246. The molecule has 1 aromatic rings. The average Bonchev–Trinajstić information content (AvgIpc) is 2.30. The van der Waals surface area contributed by atoms with Crippen LogP contribution in [-0.2, 0) is 11.3 Å². The molecule has 1 aliphatic heterocycles. The summed E-state index contributed by atoms with van der Waals surface area (Å²) in [6.45, 7) is 5.99. The van der Waals surface area contributed by atoms with Crippen molar-refractivity contribution in [3.8, 4) is 5.75 Å².